The SMILES string of the molecule is CC[C@H](C)NC(=O)[C@@H](C)N(Cc1ccc(Br)cc1)C(=O)CCCN(c1ccc(Cl)cc1)S(C)(=O)=O. The fourth-order valence-corrected chi connectivity index (χ4v) is 4.80. The standard InChI is InChI=1S/C25H33BrClN3O4S/c1-5-18(2)28-25(32)19(3)29(17-20-8-10-21(26)11-9-20)24(31)7-6-16-30(35(4,33)34)23-14-12-22(27)13-15-23/h8-15,18-19H,5-7,16-17H2,1-4H3,(H,28,32)/t18-,19+/m0/s1. The maximum atomic E-state index is 13.3. The Bertz CT molecular complexity index is 1090. The van der Waals surface area contributed by atoms with Gasteiger partial charge in [0, 0.05) is 35.0 Å². The predicted molar refractivity (Wildman–Crippen MR) is 145 cm³/mol. The Balaban J connectivity index is 2.15. The van der Waals surface area contributed by atoms with E-state index in [0.29, 0.717) is 17.1 Å². The molecule has 7 nitrogen and oxygen atoms in total. The lowest BCUT2D eigenvalue weighted by Gasteiger charge is -2.30. The van der Waals surface area contributed by atoms with Crippen molar-refractivity contribution in [3.05, 3.63) is 63.6 Å². The molecule has 0 saturated carbocycles. The van der Waals surface area contributed by atoms with Crippen LogP contribution in [0.3, 0.4) is 0 Å². The molecule has 0 saturated heterocycles. The Hall–Kier alpha value is -2.10. The van der Waals surface area contributed by atoms with Crippen LogP contribution in [-0.4, -0.2) is 50.0 Å². The number of carbonyl (C=O) groups is 2. The van der Waals surface area contributed by atoms with Gasteiger partial charge in [0.25, 0.3) is 0 Å². The minimum atomic E-state index is -3.55. The lowest BCUT2D eigenvalue weighted by Crippen LogP contribution is -2.49. The van der Waals surface area contributed by atoms with Crippen molar-refractivity contribution in [3.8, 4) is 0 Å². The van der Waals surface area contributed by atoms with E-state index in [1.54, 1.807) is 36.1 Å². The van der Waals surface area contributed by atoms with Crippen LogP contribution in [0.5, 0.6) is 0 Å². The zero-order valence-electron chi connectivity index (χ0n) is 20.5. The van der Waals surface area contributed by atoms with E-state index in [2.05, 4.69) is 21.2 Å². The minimum Gasteiger partial charge on any atom is -0.352 e. The van der Waals surface area contributed by atoms with Crippen molar-refractivity contribution in [1.29, 1.82) is 0 Å². The van der Waals surface area contributed by atoms with Gasteiger partial charge in [-0.25, -0.2) is 8.42 Å². The van der Waals surface area contributed by atoms with E-state index in [9.17, 15) is 18.0 Å². The van der Waals surface area contributed by atoms with Crippen molar-refractivity contribution < 1.29 is 18.0 Å². The Labute approximate surface area is 222 Å². The van der Waals surface area contributed by atoms with Crippen LogP contribution in [0.2, 0.25) is 5.02 Å². The zero-order chi connectivity index (χ0) is 26.2. The van der Waals surface area contributed by atoms with Crippen LogP contribution in [0.4, 0.5) is 5.69 Å². The molecule has 0 radical (unpaired) electrons. The van der Waals surface area contributed by atoms with Crippen LogP contribution in [-0.2, 0) is 26.2 Å². The van der Waals surface area contributed by atoms with Gasteiger partial charge < -0.3 is 10.2 Å². The number of hydrogen-bond donors (Lipinski definition) is 1. The first-order valence-corrected chi connectivity index (χ1v) is 14.5. The lowest BCUT2D eigenvalue weighted by molar-refractivity contribution is -0.140. The van der Waals surface area contributed by atoms with Crippen LogP contribution >= 0.6 is 27.5 Å². The third kappa shape index (κ3) is 9.13. The second-order valence-electron chi connectivity index (χ2n) is 8.56. The number of halogens is 2. The van der Waals surface area contributed by atoms with Crippen molar-refractivity contribution in [2.24, 2.45) is 0 Å². The molecule has 10 heteroatoms. The van der Waals surface area contributed by atoms with Gasteiger partial charge in [-0.15, -0.1) is 0 Å². The second kappa shape index (κ2) is 13.3. The fraction of sp³-hybridized carbons (Fsp3) is 0.440. The molecule has 0 aliphatic carbocycles. The number of anilines is 1. The second-order valence-corrected chi connectivity index (χ2v) is 11.8. The molecule has 0 aromatic heterocycles. The number of nitrogens with zero attached hydrogens (tertiary/aromatic N) is 2. The fourth-order valence-electron chi connectivity index (χ4n) is 3.45. The molecule has 0 aliphatic rings. The molecule has 0 aliphatic heterocycles. The number of benzene rings is 2. The first-order valence-electron chi connectivity index (χ1n) is 11.5. The molecule has 0 spiro atoms. The number of sulfonamides is 1. The highest BCUT2D eigenvalue weighted by molar-refractivity contribution is 9.10. The summed E-state index contributed by atoms with van der Waals surface area (Å²) in [5.41, 5.74) is 1.38. The number of amides is 2. The predicted octanol–water partition coefficient (Wildman–Crippen LogP) is 4.98. The van der Waals surface area contributed by atoms with E-state index in [1.165, 1.54) is 4.31 Å². The minimum absolute atomic E-state index is 0.00252. The van der Waals surface area contributed by atoms with Crippen LogP contribution < -0.4 is 9.62 Å². The Morgan fingerprint density at radius 2 is 1.66 bits per heavy atom. The van der Waals surface area contributed by atoms with Crippen LogP contribution in [0.1, 0.15) is 45.6 Å². The summed E-state index contributed by atoms with van der Waals surface area (Å²) in [6.07, 6.45) is 2.30. The van der Waals surface area contributed by atoms with E-state index in [1.807, 2.05) is 38.1 Å². The molecule has 0 unspecified atom stereocenters. The van der Waals surface area contributed by atoms with Gasteiger partial charge >= 0.3 is 0 Å². The van der Waals surface area contributed by atoms with Crippen LogP contribution in [0, 0.1) is 0 Å². The summed E-state index contributed by atoms with van der Waals surface area (Å²) >= 11 is 9.34. The van der Waals surface area contributed by atoms with Crippen molar-refractivity contribution in [1.82, 2.24) is 10.2 Å². The highest BCUT2D eigenvalue weighted by Crippen LogP contribution is 2.22. The summed E-state index contributed by atoms with van der Waals surface area (Å²) < 4.78 is 26.9. The molecular formula is C25H33BrClN3O4S. The lowest BCUT2D eigenvalue weighted by atomic mass is 10.1. The van der Waals surface area contributed by atoms with Gasteiger partial charge in [0.2, 0.25) is 21.8 Å². The van der Waals surface area contributed by atoms with Crippen LogP contribution in [0.15, 0.2) is 53.0 Å². The maximum Gasteiger partial charge on any atom is 0.242 e. The van der Waals surface area contributed by atoms with Crippen LogP contribution in [0.25, 0.3) is 0 Å². The number of nitrogens with one attached hydrogen (secondary N) is 1. The molecule has 192 valence electrons. The van der Waals surface area contributed by atoms with E-state index >= 15 is 0 Å². The highest BCUT2D eigenvalue weighted by Gasteiger charge is 2.27. The van der Waals surface area contributed by atoms with Gasteiger partial charge in [0.05, 0.1) is 11.9 Å². The van der Waals surface area contributed by atoms with Crippen molar-refractivity contribution >= 4 is 55.1 Å². The van der Waals surface area contributed by atoms with E-state index in [-0.39, 0.29) is 37.4 Å². The number of hydrogen-bond acceptors (Lipinski definition) is 4. The Morgan fingerprint density at radius 1 is 1.06 bits per heavy atom. The van der Waals surface area contributed by atoms with Gasteiger partial charge in [-0.3, -0.25) is 13.9 Å². The Morgan fingerprint density at radius 3 is 2.20 bits per heavy atom. The highest BCUT2D eigenvalue weighted by atomic mass is 79.9. The zero-order valence-corrected chi connectivity index (χ0v) is 23.7. The largest absolute Gasteiger partial charge is 0.352 e. The summed E-state index contributed by atoms with van der Waals surface area (Å²) in [5, 5.41) is 3.45. The molecule has 0 bridgehead atoms. The number of rotatable bonds is 12. The first-order chi connectivity index (χ1) is 16.4. The average Bonchev–Trinajstić information content (AvgIpc) is 2.80. The molecule has 2 rings (SSSR count). The van der Waals surface area contributed by atoms with Gasteiger partial charge in [0.15, 0.2) is 0 Å². The third-order valence-corrected chi connectivity index (χ3v) is 7.68. The van der Waals surface area contributed by atoms with Gasteiger partial charge in [-0.1, -0.05) is 46.6 Å². The quantitative estimate of drug-likeness (QED) is 0.380. The molecule has 0 heterocycles. The van der Waals surface area contributed by atoms with Gasteiger partial charge in [0.1, 0.15) is 6.04 Å². The summed E-state index contributed by atoms with van der Waals surface area (Å²) in [7, 11) is -3.55. The smallest absolute Gasteiger partial charge is 0.242 e. The number of carbonyl (C=O) groups excluding carboxylic acids is 2. The molecule has 2 atom stereocenters. The first kappa shape index (κ1) is 29.1. The summed E-state index contributed by atoms with van der Waals surface area (Å²) in [5.74, 6) is -0.437. The third-order valence-electron chi connectivity index (χ3n) is 5.70. The molecular weight excluding hydrogens is 554 g/mol. The molecule has 2 aromatic carbocycles. The van der Waals surface area contributed by atoms with E-state index in [0.717, 1.165) is 22.7 Å². The maximum absolute atomic E-state index is 13.3. The van der Waals surface area contributed by atoms with Crippen molar-refractivity contribution in [2.75, 3.05) is 17.1 Å². The molecule has 35 heavy (non-hydrogen) atoms. The van der Waals surface area contributed by atoms with Gasteiger partial charge in [-0.2, -0.15) is 0 Å². The van der Waals surface area contributed by atoms with Crippen molar-refractivity contribution in [2.45, 2.75) is 58.7 Å². The normalized spacial score (nSPS) is 13.1. The van der Waals surface area contributed by atoms with Crippen molar-refractivity contribution in [3.63, 3.8) is 0 Å². The topological polar surface area (TPSA) is 86.8 Å². The Kier molecular flexibility index (Phi) is 11.0. The summed E-state index contributed by atoms with van der Waals surface area (Å²) in [6.45, 7) is 6.02. The molecule has 1 N–H and O–H groups in total. The molecule has 2 aromatic rings. The average molecular weight is 587 g/mol. The van der Waals surface area contributed by atoms with E-state index < -0.39 is 16.1 Å². The summed E-state index contributed by atoms with van der Waals surface area (Å²) in [6, 6.07) is 13.4. The van der Waals surface area contributed by atoms with Gasteiger partial charge in [-0.05, 0) is 68.7 Å². The molecule has 0 fully saturated rings. The van der Waals surface area contributed by atoms with E-state index in [4.69, 9.17) is 11.6 Å². The summed E-state index contributed by atoms with van der Waals surface area (Å²) in [4.78, 5) is 27.6. The molecule has 2 amide bonds. The monoisotopic (exact) mass is 585 g/mol.